The number of carboxylic acid groups (broad SMARTS) is 1. The van der Waals surface area contributed by atoms with Gasteiger partial charge in [-0.15, -0.1) is 0 Å². The van der Waals surface area contributed by atoms with Crippen molar-refractivity contribution < 1.29 is 14.7 Å². The Labute approximate surface area is 64.1 Å². The number of rotatable bonds is 1. The molecule has 0 aromatic carbocycles. The number of hydrogen-bond donors (Lipinski definition) is 1. The average Bonchev–Trinajstić information content (AvgIpc) is 2.30. The van der Waals surface area contributed by atoms with Crippen LogP contribution >= 0.6 is 0 Å². The molecule has 0 aromatic rings. The molecule has 0 radical (unpaired) electrons. The fourth-order valence-electron chi connectivity index (χ4n) is 1.24. The van der Waals surface area contributed by atoms with Crippen LogP contribution in [0.1, 0.15) is 6.42 Å². The van der Waals surface area contributed by atoms with Gasteiger partial charge in [-0.05, 0) is 6.42 Å². The lowest BCUT2D eigenvalue weighted by Gasteiger charge is -2.09. The lowest BCUT2D eigenvalue weighted by Crippen LogP contribution is -2.17. The minimum Gasteiger partial charge on any atom is -0.481 e. The lowest BCUT2D eigenvalue weighted by molar-refractivity contribution is -0.140. The molecule has 1 heterocycles. The van der Waals surface area contributed by atoms with Crippen molar-refractivity contribution in [3.8, 4) is 0 Å². The molecule has 4 heteroatoms. The van der Waals surface area contributed by atoms with E-state index in [0.717, 1.165) is 0 Å². The molecule has 4 nitrogen and oxygen atoms in total. The predicted molar refractivity (Wildman–Crippen MR) is 37.6 cm³/mol. The molecule has 1 aliphatic rings. The number of likely N-dealkylation sites (tertiary alicyclic amines) is 1. The van der Waals surface area contributed by atoms with Crippen LogP contribution in [-0.2, 0) is 9.59 Å². The first-order valence-corrected chi connectivity index (χ1v) is 3.35. The Balaban J connectivity index is 2.86. The summed E-state index contributed by atoms with van der Waals surface area (Å²) < 4.78 is 0. The second-order valence-corrected chi connectivity index (χ2v) is 2.59. The largest absolute Gasteiger partial charge is 0.481 e. The van der Waals surface area contributed by atoms with E-state index in [2.05, 4.69) is 0 Å². The number of nitrogens with zero attached hydrogens (tertiary/aromatic N) is 1. The van der Waals surface area contributed by atoms with E-state index in [9.17, 15) is 9.59 Å². The fraction of sp³-hybridized carbons (Fsp3) is 0.571. The summed E-state index contributed by atoms with van der Waals surface area (Å²) in [5.74, 6) is 0.0783. The molecule has 11 heavy (non-hydrogen) atoms. The van der Waals surface area contributed by atoms with Gasteiger partial charge in [-0.1, -0.05) is 0 Å². The highest BCUT2D eigenvalue weighted by Crippen LogP contribution is 2.23. The van der Waals surface area contributed by atoms with Crippen molar-refractivity contribution in [2.45, 2.75) is 6.42 Å². The van der Waals surface area contributed by atoms with Gasteiger partial charge >= 0.3 is 5.97 Å². The van der Waals surface area contributed by atoms with Crippen LogP contribution in [-0.4, -0.2) is 35.5 Å². The topological polar surface area (TPSA) is 57.6 Å². The van der Waals surface area contributed by atoms with Crippen molar-refractivity contribution in [3.05, 3.63) is 5.70 Å². The zero-order valence-corrected chi connectivity index (χ0v) is 6.20. The van der Waals surface area contributed by atoms with Gasteiger partial charge in [0.2, 0.25) is 0 Å². The van der Waals surface area contributed by atoms with Crippen LogP contribution in [0.2, 0.25) is 0 Å². The maximum atomic E-state index is 10.5. The summed E-state index contributed by atoms with van der Waals surface area (Å²) in [6.45, 7) is 0.627. The highest BCUT2D eigenvalue weighted by Gasteiger charge is 2.32. The van der Waals surface area contributed by atoms with Gasteiger partial charge in [0.1, 0.15) is 17.6 Å². The van der Waals surface area contributed by atoms with Crippen LogP contribution in [0, 0.1) is 5.92 Å². The smallest absolute Gasteiger partial charge is 0.313 e. The van der Waals surface area contributed by atoms with E-state index in [1.165, 1.54) is 0 Å². The molecule has 1 N–H and O–H groups in total. The van der Waals surface area contributed by atoms with Crippen molar-refractivity contribution in [2.24, 2.45) is 5.92 Å². The first kappa shape index (κ1) is 7.82. The van der Waals surface area contributed by atoms with Gasteiger partial charge in [0.15, 0.2) is 0 Å². The Morgan fingerprint density at radius 1 is 1.82 bits per heavy atom. The van der Waals surface area contributed by atoms with E-state index < -0.39 is 11.9 Å². The van der Waals surface area contributed by atoms with Crippen molar-refractivity contribution in [1.29, 1.82) is 0 Å². The Morgan fingerprint density at radius 3 is 2.82 bits per heavy atom. The first-order chi connectivity index (χ1) is 5.16. The van der Waals surface area contributed by atoms with E-state index >= 15 is 0 Å². The zero-order chi connectivity index (χ0) is 8.43. The molecule has 0 aromatic heterocycles. The third-order valence-corrected chi connectivity index (χ3v) is 1.90. The normalized spacial score (nSPS) is 23.5. The van der Waals surface area contributed by atoms with Crippen molar-refractivity contribution >= 4 is 11.9 Å². The predicted octanol–water partition coefficient (Wildman–Crippen LogP) is -0.262. The van der Waals surface area contributed by atoms with Crippen molar-refractivity contribution in [2.75, 3.05) is 13.6 Å². The fourth-order valence-corrected chi connectivity index (χ4v) is 1.24. The van der Waals surface area contributed by atoms with Gasteiger partial charge < -0.3 is 10.0 Å². The van der Waals surface area contributed by atoms with Gasteiger partial charge in [-0.3, -0.25) is 4.79 Å². The molecule has 0 spiro atoms. The number of carboxylic acids is 1. The molecule has 1 saturated heterocycles. The maximum Gasteiger partial charge on any atom is 0.313 e. The van der Waals surface area contributed by atoms with Crippen molar-refractivity contribution in [1.82, 2.24) is 4.90 Å². The van der Waals surface area contributed by atoms with Crippen LogP contribution in [0.4, 0.5) is 0 Å². The molecule has 1 fully saturated rings. The molecule has 1 aliphatic heterocycles. The van der Waals surface area contributed by atoms with Crippen LogP contribution in [0.5, 0.6) is 0 Å². The molecule has 0 amide bonds. The molecule has 1 atom stereocenters. The van der Waals surface area contributed by atoms with Gasteiger partial charge in [0, 0.05) is 13.6 Å². The Bertz CT molecular complexity index is 230. The van der Waals surface area contributed by atoms with E-state index in [-0.39, 0.29) is 5.70 Å². The second kappa shape index (κ2) is 2.76. The summed E-state index contributed by atoms with van der Waals surface area (Å²) in [5, 5.41) is 8.61. The minimum absolute atomic E-state index is 0.262. The number of aliphatic carboxylic acids is 1. The maximum absolute atomic E-state index is 10.5. The highest BCUT2D eigenvalue weighted by atomic mass is 16.4. The van der Waals surface area contributed by atoms with E-state index in [1.807, 2.05) is 0 Å². The second-order valence-electron chi connectivity index (χ2n) is 2.59. The average molecular weight is 155 g/mol. The van der Waals surface area contributed by atoms with Crippen molar-refractivity contribution in [3.63, 3.8) is 0 Å². The summed E-state index contributed by atoms with van der Waals surface area (Å²) in [5.41, 5.74) is 0.262. The monoisotopic (exact) mass is 155 g/mol. The van der Waals surface area contributed by atoms with Gasteiger partial charge in [0.25, 0.3) is 0 Å². The van der Waals surface area contributed by atoms with Crippen LogP contribution in [0.15, 0.2) is 5.70 Å². The first-order valence-electron chi connectivity index (χ1n) is 3.35. The summed E-state index contributed by atoms with van der Waals surface area (Å²) >= 11 is 0. The molecule has 0 bridgehead atoms. The van der Waals surface area contributed by atoms with Gasteiger partial charge in [0.05, 0.1) is 0 Å². The summed E-state index contributed by atoms with van der Waals surface area (Å²) in [6, 6.07) is 0. The number of carbonyl (C=O) groups is 1. The van der Waals surface area contributed by atoms with Crippen LogP contribution in [0.3, 0.4) is 0 Å². The minimum atomic E-state index is -0.937. The quantitative estimate of drug-likeness (QED) is 0.530. The SMILES string of the molecule is CN1CCC(C(=O)O)C1=C=O. The van der Waals surface area contributed by atoms with E-state index in [4.69, 9.17) is 5.11 Å². The van der Waals surface area contributed by atoms with Crippen LogP contribution < -0.4 is 0 Å². The van der Waals surface area contributed by atoms with E-state index in [1.54, 1.807) is 17.9 Å². The molecule has 1 unspecified atom stereocenters. The van der Waals surface area contributed by atoms with Gasteiger partial charge in [-0.25, -0.2) is 4.79 Å². The Hall–Kier alpha value is -1.28. The molecule has 60 valence electrons. The lowest BCUT2D eigenvalue weighted by atomic mass is 10.1. The number of carbonyl (C=O) groups excluding carboxylic acids is 1. The third-order valence-electron chi connectivity index (χ3n) is 1.90. The summed E-state index contributed by atoms with van der Waals surface area (Å²) in [6.07, 6.45) is 0.510. The standard InChI is InChI=1S/C7H9NO3/c1-8-3-2-5(7(10)11)6(8)4-9/h5H,2-3H2,1H3,(H,10,11). The summed E-state index contributed by atoms with van der Waals surface area (Å²) in [4.78, 5) is 22.4. The van der Waals surface area contributed by atoms with Crippen LogP contribution in [0.25, 0.3) is 0 Å². The molecule has 0 aliphatic carbocycles. The van der Waals surface area contributed by atoms with Gasteiger partial charge in [-0.2, -0.15) is 0 Å². The zero-order valence-electron chi connectivity index (χ0n) is 6.20. The van der Waals surface area contributed by atoms with E-state index in [0.29, 0.717) is 13.0 Å². The molecular formula is C7H9NO3. The molecule has 1 rings (SSSR count). The Kier molecular flexibility index (Phi) is 1.96. The third kappa shape index (κ3) is 1.25. The highest BCUT2D eigenvalue weighted by molar-refractivity contribution is 5.78. The molecular weight excluding hydrogens is 146 g/mol. The molecule has 0 saturated carbocycles. The summed E-state index contributed by atoms with van der Waals surface area (Å²) in [7, 11) is 1.70. The Morgan fingerprint density at radius 2 is 2.45 bits per heavy atom. The number of hydrogen-bond acceptors (Lipinski definition) is 3.